The lowest BCUT2D eigenvalue weighted by Gasteiger charge is -2.04. The van der Waals surface area contributed by atoms with Crippen LogP contribution in [0.25, 0.3) is 0 Å². The van der Waals surface area contributed by atoms with Crippen molar-refractivity contribution in [1.82, 2.24) is 9.97 Å². The number of alkyl halides is 2. The Bertz CT molecular complexity index is 256. The zero-order valence-corrected chi connectivity index (χ0v) is 6.72. The van der Waals surface area contributed by atoms with E-state index < -0.39 is 13.0 Å². The summed E-state index contributed by atoms with van der Waals surface area (Å²) in [6.07, 6.45) is 0.332. The molecule has 1 rings (SSSR count). The predicted octanol–water partition coefficient (Wildman–Crippen LogP) is 1.81. The van der Waals surface area contributed by atoms with Gasteiger partial charge in [-0.05, 0) is 0 Å². The molecule has 1 aromatic rings. The minimum Gasteiger partial charge on any atom is -0.362 e. The number of halogens is 3. The summed E-state index contributed by atoms with van der Waals surface area (Å²) in [5.74, 6) is 0.180. The fourth-order valence-electron chi connectivity index (χ4n) is 0.613. The molecule has 0 atom stereocenters. The van der Waals surface area contributed by atoms with Crippen LogP contribution >= 0.6 is 11.6 Å². The summed E-state index contributed by atoms with van der Waals surface area (Å²) in [5, 5.41) is 2.45. The van der Waals surface area contributed by atoms with Crippen molar-refractivity contribution in [2.24, 2.45) is 0 Å². The normalized spacial score (nSPS) is 10.3. The van der Waals surface area contributed by atoms with Crippen LogP contribution in [0.5, 0.6) is 0 Å². The van der Waals surface area contributed by atoms with Crippen molar-refractivity contribution in [1.29, 1.82) is 0 Å². The molecule has 0 aliphatic rings. The number of hydrogen-bond acceptors (Lipinski definition) is 3. The quantitative estimate of drug-likeness (QED) is 0.796. The third-order valence-corrected chi connectivity index (χ3v) is 1.35. The molecule has 0 unspecified atom stereocenters. The first kappa shape index (κ1) is 9.12. The van der Waals surface area contributed by atoms with Gasteiger partial charge in [-0.1, -0.05) is 11.6 Å². The van der Waals surface area contributed by atoms with E-state index >= 15 is 0 Å². The lowest BCUT2D eigenvalue weighted by Crippen LogP contribution is -2.11. The Labute approximate surface area is 72.8 Å². The van der Waals surface area contributed by atoms with Gasteiger partial charge in [-0.3, -0.25) is 0 Å². The second-order valence-corrected chi connectivity index (χ2v) is 2.33. The largest absolute Gasteiger partial charge is 0.362 e. The maximum absolute atomic E-state index is 11.7. The van der Waals surface area contributed by atoms with Gasteiger partial charge in [-0.15, -0.1) is 0 Å². The molecule has 0 radical (unpaired) electrons. The zero-order chi connectivity index (χ0) is 8.97. The molecule has 12 heavy (non-hydrogen) atoms. The SMILES string of the molecule is FC(F)CNc1nccnc1Cl. The van der Waals surface area contributed by atoms with E-state index in [9.17, 15) is 8.78 Å². The van der Waals surface area contributed by atoms with E-state index in [0.717, 1.165) is 0 Å². The molecule has 3 nitrogen and oxygen atoms in total. The van der Waals surface area contributed by atoms with E-state index in [-0.39, 0.29) is 11.0 Å². The van der Waals surface area contributed by atoms with Gasteiger partial charge < -0.3 is 5.32 Å². The highest BCUT2D eigenvalue weighted by Crippen LogP contribution is 2.13. The molecule has 0 fully saturated rings. The van der Waals surface area contributed by atoms with Gasteiger partial charge in [0.2, 0.25) is 0 Å². The summed E-state index contributed by atoms with van der Waals surface area (Å²) < 4.78 is 23.4. The average molecular weight is 194 g/mol. The smallest absolute Gasteiger partial charge is 0.255 e. The molecule has 0 aliphatic carbocycles. The van der Waals surface area contributed by atoms with E-state index in [2.05, 4.69) is 15.3 Å². The van der Waals surface area contributed by atoms with Crippen LogP contribution in [0, 0.1) is 0 Å². The van der Waals surface area contributed by atoms with Crippen molar-refractivity contribution in [3.8, 4) is 0 Å². The molecule has 1 N–H and O–H groups in total. The summed E-state index contributed by atoms with van der Waals surface area (Å²) in [7, 11) is 0. The van der Waals surface area contributed by atoms with Crippen molar-refractivity contribution in [2.45, 2.75) is 6.43 Å². The van der Waals surface area contributed by atoms with E-state index in [1.807, 2.05) is 0 Å². The first-order chi connectivity index (χ1) is 5.70. The van der Waals surface area contributed by atoms with Crippen molar-refractivity contribution in [2.75, 3.05) is 11.9 Å². The van der Waals surface area contributed by atoms with E-state index in [0.29, 0.717) is 0 Å². The van der Waals surface area contributed by atoms with E-state index in [1.165, 1.54) is 12.4 Å². The summed E-state index contributed by atoms with van der Waals surface area (Å²) >= 11 is 5.53. The van der Waals surface area contributed by atoms with Crippen LogP contribution in [0.15, 0.2) is 12.4 Å². The third kappa shape index (κ3) is 2.58. The number of aromatic nitrogens is 2. The van der Waals surface area contributed by atoms with Crippen molar-refractivity contribution >= 4 is 17.4 Å². The summed E-state index contributed by atoms with van der Waals surface area (Å²) in [5.41, 5.74) is 0. The summed E-state index contributed by atoms with van der Waals surface area (Å²) in [6, 6.07) is 0. The van der Waals surface area contributed by atoms with Crippen molar-refractivity contribution < 1.29 is 8.78 Å². The van der Waals surface area contributed by atoms with Crippen LogP contribution in [-0.4, -0.2) is 22.9 Å². The number of rotatable bonds is 3. The minimum atomic E-state index is -2.43. The predicted molar refractivity (Wildman–Crippen MR) is 41.5 cm³/mol. The molecular formula is C6H6ClF2N3. The highest BCUT2D eigenvalue weighted by Gasteiger charge is 2.05. The van der Waals surface area contributed by atoms with Gasteiger partial charge in [0.25, 0.3) is 6.43 Å². The Morgan fingerprint density at radius 1 is 1.42 bits per heavy atom. The highest BCUT2D eigenvalue weighted by molar-refractivity contribution is 6.31. The second kappa shape index (κ2) is 4.15. The molecule has 66 valence electrons. The van der Waals surface area contributed by atoms with E-state index in [1.54, 1.807) is 0 Å². The molecule has 0 aliphatic heterocycles. The Balaban J connectivity index is 2.57. The zero-order valence-electron chi connectivity index (χ0n) is 5.97. The molecule has 0 spiro atoms. The maximum Gasteiger partial charge on any atom is 0.255 e. The van der Waals surface area contributed by atoms with Gasteiger partial charge in [0.15, 0.2) is 11.0 Å². The fourth-order valence-corrected chi connectivity index (χ4v) is 0.785. The van der Waals surface area contributed by atoms with Gasteiger partial charge in [-0.2, -0.15) is 0 Å². The van der Waals surface area contributed by atoms with Crippen LogP contribution in [0.3, 0.4) is 0 Å². The van der Waals surface area contributed by atoms with Crippen LogP contribution in [0.4, 0.5) is 14.6 Å². The summed E-state index contributed by atoms with van der Waals surface area (Å²) in [6.45, 7) is -0.474. The van der Waals surface area contributed by atoms with Crippen LogP contribution in [0.2, 0.25) is 5.15 Å². The molecule has 0 saturated carbocycles. The topological polar surface area (TPSA) is 37.8 Å². The molecule has 0 aromatic carbocycles. The molecule has 6 heteroatoms. The standard InChI is InChI=1S/C6H6ClF2N3/c7-5-6(11-2-1-10-5)12-3-4(8)9/h1-2,4H,3H2,(H,11,12). The lowest BCUT2D eigenvalue weighted by atomic mass is 10.6. The Kier molecular flexibility index (Phi) is 3.16. The van der Waals surface area contributed by atoms with Gasteiger partial charge in [0.05, 0.1) is 6.54 Å². The molecule has 0 saturated heterocycles. The van der Waals surface area contributed by atoms with Gasteiger partial charge in [0, 0.05) is 12.4 Å². The molecular weight excluding hydrogens is 188 g/mol. The molecule has 1 aromatic heterocycles. The number of nitrogens with zero attached hydrogens (tertiary/aromatic N) is 2. The van der Waals surface area contributed by atoms with Crippen molar-refractivity contribution in [3.05, 3.63) is 17.5 Å². The maximum atomic E-state index is 11.7. The molecule has 0 bridgehead atoms. The Morgan fingerprint density at radius 2 is 2.08 bits per heavy atom. The third-order valence-electron chi connectivity index (χ3n) is 1.08. The Morgan fingerprint density at radius 3 is 2.67 bits per heavy atom. The highest BCUT2D eigenvalue weighted by atomic mass is 35.5. The van der Waals surface area contributed by atoms with E-state index in [4.69, 9.17) is 11.6 Å². The monoisotopic (exact) mass is 193 g/mol. The van der Waals surface area contributed by atoms with Gasteiger partial charge >= 0.3 is 0 Å². The number of hydrogen-bond donors (Lipinski definition) is 1. The summed E-state index contributed by atoms with van der Waals surface area (Å²) in [4.78, 5) is 7.36. The van der Waals surface area contributed by atoms with Crippen LogP contribution in [0.1, 0.15) is 0 Å². The minimum absolute atomic E-state index is 0.0955. The lowest BCUT2D eigenvalue weighted by molar-refractivity contribution is 0.163. The molecule has 0 amide bonds. The first-order valence-corrected chi connectivity index (χ1v) is 3.56. The van der Waals surface area contributed by atoms with Crippen molar-refractivity contribution in [3.63, 3.8) is 0 Å². The van der Waals surface area contributed by atoms with Crippen LogP contribution < -0.4 is 5.32 Å². The second-order valence-electron chi connectivity index (χ2n) is 1.97. The van der Waals surface area contributed by atoms with Gasteiger partial charge in [0.1, 0.15) is 0 Å². The molecule has 1 heterocycles. The fraction of sp³-hybridized carbons (Fsp3) is 0.333. The van der Waals surface area contributed by atoms with Crippen LogP contribution in [-0.2, 0) is 0 Å². The number of nitrogens with one attached hydrogen (secondary N) is 1. The number of anilines is 1. The Hall–Kier alpha value is -0.970. The van der Waals surface area contributed by atoms with Gasteiger partial charge in [-0.25, -0.2) is 18.7 Å². The first-order valence-electron chi connectivity index (χ1n) is 3.18. The average Bonchev–Trinajstić information content (AvgIpc) is 2.03.